The van der Waals surface area contributed by atoms with Gasteiger partial charge in [0.2, 0.25) is 11.8 Å². The Hall–Kier alpha value is -7.83. The van der Waals surface area contributed by atoms with E-state index in [2.05, 4.69) is 21.3 Å². The zero-order chi connectivity index (χ0) is 103. The van der Waals surface area contributed by atoms with Gasteiger partial charge in [-0.1, -0.05) is 0 Å². The van der Waals surface area contributed by atoms with E-state index in [1.165, 1.54) is 0 Å². The summed E-state index contributed by atoms with van der Waals surface area (Å²) < 4.78 is 67.6. The molecule has 0 atom stereocenters. The molecule has 4 N–H and O–H groups in total. The average Bonchev–Trinajstić information content (AvgIpc) is 0.824. The highest BCUT2D eigenvalue weighted by molar-refractivity contribution is 5.82. The number of hydrogen-bond donors (Lipinski definition) is 4. The fraction of sp³-hybridized carbons (Fsp3) is 0.851. The molecule has 0 rings (SSSR count). The molecule has 766 valence electrons. The van der Waals surface area contributed by atoms with Crippen molar-refractivity contribution in [2.75, 3.05) is 14.1 Å². The van der Waals surface area contributed by atoms with E-state index in [-0.39, 0.29) is 203 Å². The van der Waals surface area contributed by atoms with Crippen LogP contribution in [0.1, 0.15) is 448 Å². The maximum Gasteiger partial charge on any atom is 0.306 e. The molecule has 132 heavy (non-hydrogen) atoms. The summed E-state index contributed by atoms with van der Waals surface area (Å²) in [5, 5.41) is 12.9. The molecule has 0 saturated heterocycles. The number of nitrogens with one attached hydrogen (secondary N) is 4. The van der Waals surface area contributed by atoms with Crippen LogP contribution in [-0.4, -0.2) is 193 Å². The predicted molar refractivity (Wildman–Crippen MR) is 506 cm³/mol. The minimum atomic E-state index is -1.43. The first-order chi connectivity index (χ1) is 59.1. The third kappa shape index (κ3) is 67.4. The molecule has 0 aliphatic carbocycles. The number of esters is 12. The van der Waals surface area contributed by atoms with Gasteiger partial charge in [0.1, 0.15) is 73.0 Å². The summed E-state index contributed by atoms with van der Waals surface area (Å²) in [6.45, 7) is 62.7. The van der Waals surface area contributed by atoms with Gasteiger partial charge in [0.15, 0.2) is 0 Å². The lowest BCUT2D eigenvalue weighted by Gasteiger charge is -2.38. The van der Waals surface area contributed by atoms with E-state index in [4.69, 9.17) is 56.8 Å². The first-order valence-electron chi connectivity index (χ1n) is 47.3. The summed E-state index contributed by atoms with van der Waals surface area (Å²) in [6, 6.07) is 0. The van der Waals surface area contributed by atoms with Gasteiger partial charge in [-0.05, 0) is 365 Å². The molecule has 0 saturated carbocycles. The van der Waals surface area contributed by atoms with Crippen LogP contribution in [0.3, 0.4) is 0 Å². The van der Waals surface area contributed by atoms with E-state index in [1.54, 1.807) is 201 Å². The molecule has 31 nitrogen and oxygen atoms in total. The molecule has 0 spiro atoms. The molecule has 0 bridgehead atoms. The molecule has 0 aliphatic rings. The van der Waals surface area contributed by atoms with Crippen LogP contribution in [0.4, 0.5) is 0 Å². The molecule has 0 aromatic carbocycles. The van der Waals surface area contributed by atoms with Gasteiger partial charge in [0.05, 0.1) is 0 Å². The number of rotatable bonds is 51. The standard InChI is InChI=1S/C78H137N3O21.C23H43NO6/c1-66(2,3)94-57(85)32-41-75(42-33-58(86)95-67(4,5)6,43-34-59(87)96-68(7,8)9)53-54(82)29-44-76(79-28,45-30-55(83)80-77(47-35-60(88)97-69(10,11)12,48-36-61(89)98-70(13,14)15)49-37-62(90)99-71(16,17)18)46-31-56(84)81-78(50-38-63(91)100-72(19,20)21,51-39-64(92)101-73(22,23)24)52-40-65(93)102-74(25,26)27;1-20(2,3)28-17(25)11-14-23(24-10,15-12-18(26)29-21(4,5)6)16-13-19(27)30-22(7,8)9/h79H,29-53H2,1-28H3,(H,80,83)(H,81,84);24H,11-16H2,1-10H3. The van der Waals surface area contributed by atoms with Crippen molar-refractivity contribution in [2.24, 2.45) is 5.41 Å². The Bertz CT molecular complexity index is 3110. The summed E-state index contributed by atoms with van der Waals surface area (Å²) in [4.78, 5) is 204. The van der Waals surface area contributed by atoms with Gasteiger partial charge in [-0.3, -0.25) is 71.9 Å². The molecule has 0 unspecified atom stereocenters. The van der Waals surface area contributed by atoms with E-state index in [1.807, 2.05) is 62.3 Å². The van der Waals surface area contributed by atoms with Gasteiger partial charge < -0.3 is 78.1 Å². The lowest BCUT2D eigenvalue weighted by Crippen LogP contribution is -2.52. The van der Waals surface area contributed by atoms with Crippen molar-refractivity contribution in [3.8, 4) is 0 Å². The number of carbonyl (C=O) groups is 15. The fourth-order valence-corrected chi connectivity index (χ4v) is 14.5. The zero-order valence-electron chi connectivity index (χ0n) is 88.9. The highest BCUT2D eigenvalue weighted by atomic mass is 16.6. The maximum absolute atomic E-state index is 15.2. The number of carbonyl (C=O) groups excluding carboxylic acids is 15. The van der Waals surface area contributed by atoms with Gasteiger partial charge in [0.25, 0.3) is 0 Å². The Balaban J connectivity index is 0. The number of amides is 2. The van der Waals surface area contributed by atoms with Gasteiger partial charge in [-0.25, -0.2) is 0 Å². The molecule has 0 radical (unpaired) electrons. The van der Waals surface area contributed by atoms with Crippen molar-refractivity contribution in [3.63, 3.8) is 0 Å². The molecule has 0 fully saturated rings. The Morgan fingerprint density at radius 2 is 0.288 bits per heavy atom. The summed E-state index contributed by atoms with van der Waals surface area (Å²) in [7, 11) is 3.39. The number of ether oxygens (including phenoxy) is 12. The molecule has 0 aliphatic heterocycles. The maximum atomic E-state index is 15.2. The van der Waals surface area contributed by atoms with Crippen molar-refractivity contribution in [2.45, 2.75) is 538 Å². The smallest absolute Gasteiger partial charge is 0.306 e. The van der Waals surface area contributed by atoms with Gasteiger partial charge in [0, 0.05) is 125 Å². The van der Waals surface area contributed by atoms with E-state index in [0.29, 0.717) is 19.3 Å². The minimum absolute atomic E-state index is 0.0197. The van der Waals surface area contributed by atoms with Gasteiger partial charge in [-0.15, -0.1) is 0 Å². The Kier molecular flexibility index (Phi) is 50.7. The van der Waals surface area contributed by atoms with Crippen LogP contribution in [-0.2, 0) is 129 Å². The fourth-order valence-electron chi connectivity index (χ4n) is 14.5. The minimum Gasteiger partial charge on any atom is -0.460 e. The summed E-state index contributed by atoms with van der Waals surface area (Å²) in [5.74, 6) is -7.72. The van der Waals surface area contributed by atoms with Crippen LogP contribution >= 0.6 is 0 Å². The largest absolute Gasteiger partial charge is 0.460 e. The van der Waals surface area contributed by atoms with Crippen LogP contribution in [0, 0.1) is 5.41 Å². The van der Waals surface area contributed by atoms with Gasteiger partial charge >= 0.3 is 71.6 Å². The summed E-state index contributed by atoms with van der Waals surface area (Å²) in [5.41, 5.74) is -15.5. The van der Waals surface area contributed by atoms with Crippen molar-refractivity contribution >= 4 is 89.2 Å². The second-order valence-electron chi connectivity index (χ2n) is 47.5. The highest BCUT2D eigenvalue weighted by Crippen LogP contribution is 2.42. The summed E-state index contributed by atoms with van der Waals surface area (Å²) in [6.07, 6.45) is -1.78. The Labute approximate surface area is 792 Å². The van der Waals surface area contributed by atoms with E-state index < -0.39 is 160 Å². The Morgan fingerprint density at radius 3 is 0.424 bits per heavy atom. The molecular formula is C101H180N4O27. The van der Waals surface area contributed by atoms with E-state index in [9.17, 15) is 57.5 Å². The van der Waals surface area contributed by atoms with Crippen molar-refractivity contribution in [3.05, 3.63) is 0 Å². The quantitative estimate of drug-likeness (QED) is 0.0324. The summed E-state index contributed by atoms with van der Waals surface area (Å²) >= 11 is 0. The predicted octanol–water partition coefficient (Wildman–Crippen LogP) is 18.3. The normalized spacial score (nSPS) is 13.2. The molecule has 0 aromatic rings. The number of ketones is 1. The van der Waals surface area contributed by atoms with Crippen molar-refractivity contribution in [1.29, 1.82) is 0 Å². The third-order valence-electron chi connectivity index (χ3n) is 19.9. The van der Waals surface area contributed by atoms with Crippen LogP contribution in [0.5, 0.6) is 0 Å². The Morgan fingerprint density at radius 1 is 0.167 bits per heavy atom. The second kappa shape index (κ2) is 53.0. The van der Waals surface area contributed by atoms with E-state index in [0.717, 1.165) is 0 Å². The number of hydrogen-bond acceptors (Lipinski definition) is 29. The molecule has 31 heteroatoms. The van der Waals surface area contributed by atoms with E-state index >= 15 is 14.4 Å². The SMILES string of the molecule is CNC(CCC(=O)CC(CCC(=O)OC(C)(C)C)(CCC(=O)OC(C)(C)C)CCC(=O)OC(C)(C)C)(CCC(=O)NC(CCC(=O)OC(C)(C)C)(CCC(=O)OC(C)(C)C)CCC(=O)OC(C)(C)C)CCC(=O)NC(CCC(=O)OC(C)(C)C)(CCC(=O)OC(C)(C)C)CCC(=O)OC(C)(C)C.CNC(CCC(=O)OC(C)(C)C)(CCC(=O)OC(C)(C)C)CCC(=O)OC(C)(C)C. The second-order valence-corrected chi connectivity index (χ2v) is 47.5. The third-order valence-corrected chi connectivity index (χ3v) is 19.9. The van der Waals surface area contributed by atoms with Crippen LogP contribution in [0.2, 0.25) is 0 Å². The van der Waals surface area contributed by atoms with Crippen LogP contribution < -0.4 is 21.3 Å². The zero-order valence-corrected chi connectivity index (χ0v) is 88.9. The lowest BCUT2D eigenvalue weighted by molar-refractivity contribution is -0.159. The molecule has 0 heterocycles. The van der Waals surface area contributed by atoms with Crippen molar-refractivity contribution < 1.29 is 129 Å². The van der Waals surface area contributed by atoms with Crippen LogP contribution in [0.15, 0.2) is 0 Å². The van der Waals surface area contributed by atoms with Gasteiger partial charge in [-0.2, -0.15) is 0 Å². The monoisotopic (exact) mass is 1880 g/mol. The topological polar surface area (TPSA) is 415 Å². The first-order valence-corrected chi connectivity index (χ1v) is 47.3. The lowest BCUT2D eigenvalue weighted by atomic mass is 9.70. The highest BCUT2D eigenvalue weighted by Gasteiger charge is 2.43. The molecular weight excluding hydrogens is 1700 g/mol. The first kappa shape index (κ1) is 126. The van der Waals surface area contributed by atoms with Crippen LogP contribution in [0.25, 0.3) is 0 Å². The molecule has 2 amide bonds. The average molecular weight is 1880 g/mol. The van der Waals surface area contributed by atoms with Crippen molar-refractivity contribution in [1.82, 2.24) is 21.3 Å². The number of Topliss-reactive ketones (excluding diaryl/α,β-unsaturated/α-hetero) is 1. The molecule has 0 aromatic heterocycles.